The molecule has 0 radical (unpaired) electrons. The van der Waals surface area contributed by atoms with Crippen LogP contribution in [0.25, 0.3) is 0 Å². The smallest absolute Gasteiger partial charge is 0.341 e. The van der Waals surface area contributed by atoms with Crippen molar-refractivity contribution in [3.8, 4) is 5.75 Å². The van der Waals surface area contributed by atoms with E-state index < -0.39 is 27.9 Å². The average Bonchev–Trinajstić information content (AvgIpc) is 2.01. The van der Waals surface area contributed by atoms with E-state index in [1.165, 1.54) is 0 Å². The first kappa shape index (κ1) is 9.78. The van der Waals surface area contributed by atoms with Crippen LogP contribution in [0.2, 0.25) is 0 Å². The number of carbonyl (C=O) groups is 1. The zero-order valence-corrected chi connectivity index (χ0v) is 6.80. The van der Waals surface area contributed by atoms with Crippen molar-refractivity contribution in [2.75, 3.05) is 5.73 Å². The van der Waals surface area contributed by atoms with E-state index in [0.717, 1.165) is 12.1 Å². The summed E-state index contributed by atoms with van der Waals surface area (Å²) in [4.78, 5) is 20.0. The molecule has 1 rings (SSSR count). The monoisotopic (exact) mass is 198 g/mol. The fourth-order valence-corrected chi connectivity index (χ4v) is 0.972. The number of carboxylic acids is 1. The maximum absolute atomic E-state index is 10.5. The third-order valence-corrected chi connectivity index (χ3v) is 1.56. The van der Waals surface area contributed by atoms with Gasteiger partial charge in [-0.05, 0) is 0 Å². The van der Waals surface area contributed by atoms with Gasteiger partial charge < -0.3 is 15.9 Å². The molecule has 1 aromatic rings. The summed E-state index contributed by atoms with van der Waals surface area (Å²) in [6.07, 6.45) is 0. The summed E-state index contributed by atoms with van der Waals surface area (Å²) in [6, 6.07) is 1.61. The number of hydrogen-bond donors (Lipinski definition) is 3. The Hall–Kier alpha value is -2.31. The normalized spacial score (nSPS) is 9.71. The van der Waals surface area contributed by atoms with Crippen molar-refractivity contribution in [2.24, 2.45) is 0 Å². The van der Waals surface area contributed by atoms with Crippen LogP contribution in [0.3, 0.4) is 0 Å². The summed E-state index contributed by atoms with van der Waals surface area (Å²) >= 11 is 0. The van der Waals surface area contributed by atoms with Crippen LogP contribution in [0.1, 0.15) is 10.4 Å². The maximum atomic E-state index is 10.5. The Balaban J connectivity index is 3.39. The van der Waals surface area contributed by atoms with Crippen LogP contribution in [0.4, 0.5) is 11.4 Å². The predicted molar refractivity (Wildman–Crippen MR) is 46.1 cm³/mol. The Morgan fingerprint density at radius 3 is 2.43 bits per heavy atom. The first-order valence-corrected chi connectivity index (χ1v) is 3.43. The molecule has 0 atom stereocenters. The summed E-state index contributed by atoms with van der Waals surface area (Å²) in [5, 5.41) is 28.0. The number of hydrogen-bond acceptors (Lipinski definition) is 5. The number of aromatic carboxylic acids is 1. The van der Waals surface area contributed by atoms with Gasteiger partial charge in [0.15, 0.2) is 0 Å². The molecule has 0 heterocycles. The van der Waals surface area contributed by atoms with Crippen LogP contribution < -0.4 is 5.73 Å². The third kappa shape index (κ3) is 1.56. The number of nitro benzene ring substituents is 1. The van der Waals surface area contributed by atoms with Crippen LogP contribution in [0, 0.1) is 10.1 Å². The molecule has 14 heavy (non-hydrogen) atoms. The Morgan fingerprint density at radius 1 is 1.50 bits per heavy atom. The van der Waals surface area contributed by atoms with Crippen molar-refractivity contribution >= 4 is 17.3 Å². The summed E-state index contributed by atoms with van der Waals surface area (Å²) in [7, 11) is 0. The van der Waals surface area contributed by atoms with Gasteiger partial charge in [0.1, 0.15) is 11.3 Å². The SMILES string of the molecule is Nc1cc([N+](=O)[O-])cc(O)c1C(=O)O. The average molecular weight is 198 g/mol. The van der Waals surface area contributed by atoms with E-state index >= 15 is 0 Å². The summed E-state index contributed by atoms with van der Waals surface area (Å²) in [6.45, 7) is 0. The molecule has 0 saturated heterocycles. The fraction of sp³-hybridized carbons (Fsp3) is 0. The summed E-state index contributed by atoms with van der Waals surface area (Å²) < 4.78 is 0. The van der Waals surface area contributed by atoms with Crippen LogP contribution in [-0.2, 0) is 0 Å². The Kier molecular flexibility index (Phi) is 2.24. The standard InChI is InChI=1S/C7H6N2O5/c8-4-1-3(9(13)14)2-5(10)6(4)7(11)12/h1-2,10H,8H2,(H,11,12). The molecule has 4 N–H and O–H groups in total. The van der Waals surface area contributed by atoms with Crippen LogP contribution >= 0.6 is 0 Å². The number of anilines is 1. The van der Waals surface area contributed by atoms with Gasteiger partial charge in [-0.2, -0.15) is 0 Å². The second-order valence-electron chi connectivity index (χ2n) is 2.49. The zero-order valence-electron chi connectivity index (χ0n) is 6.80. The van der Waals surface area contributed by atoms with Gasteiger partial charge >= 0.3 is 5.97 Å². The molecule has 0 fully saturated rings. The second kappa shape index (κ2) is 3.21. The van der Waals surface area contributed by atoms with Gasteiger partial charge in [0, 0.05) is 6.07 Å². The minimum Gasteiger partial charge on any atom is -0.507 e. The van der Waals surface area contributed by atoms with Crippen molar-refractivity contribution in [3.63, 3.8) is 0 Å². The highest BCUT2D eigenvalue weighted by Crippen LogP contribution is 2.29. The Bertz CT molecular complexity index is 392. The number of nitrogen functional groups attached to an aromatic ring is 1. The van der Waals surface area contributed by atoms with Gasteiger partial charge in [-0.1, -0.05) is 0 Å². The largest absolute Gasteiger partial charge is 0.507 e. The molecule has 0 aliphatic rings. The van der Waals surface area contributed by atoms with Crippen molar-refractivity contribution in [3.05, 3.63) is 27.8 Å². The van der Waals surface area contributed by atoms with Gasteiger partial charge in [-0.3, -0.25) is 10.1 Å². The molecule has 7 heteroatoms. The lowest BCUT2D eigenvalue weighted by molar-refractivity contribution is -0.384. The fourth-order valence-electron chi connectivity index (χ4n) is 0.972. The molecule has 0 aromatic heterocycles. The Morgan fingerprint density at radius 2 is 2.07 bits per heavy atom. The van der Waals surface area contributed by atoms with Gasteiger partial charge in [0.25, 0.3) is 5.69 Å². The maximum Gasteiger partial charge on any atom is 0.341 e. The first-order chi connectivity index (χ1) is 6.43. The molecule has 0 aliphatic heterocycles. The van der Waals surface area contributed by atoms with E-state index in [9.17, 15) is 14.9 Å². The lowest BCUT2D eigenvalue weighted by Crippen LogP contribution is -2.03. The first-order valence-electron chi connectivity index (χ1n) is 3.43. The molecule has 74 valence electrons. The molecule has 0 unspecified atom stereocenters. The molecular weight excluding hydrogens is 192 g/mol. The number of nitrogens with zero attached hydrogens (tertiary/aromatic N) is 1. The number of phenols is 1. The van der Waals surface area contributed by atoms with Crippen molar-refractivity contribution < 1.29 is 19.9 Å². The second-order valence-corrected chi connectivity index (χ2v) is 2.49. The van der Waals surface area contributed by atoms with Crippen LogP contribution in [-0.4, -0.2) is 21.1 Å². The lowest BCUT2D eigenvalue weighted by Gasteiger charge is -2.02. The van der Waals surface area contributed by atoms with E-state index in [0.29, 0.717) is 0 Å². The van der Waals surface area contributed by atoms with Crippen molar-refractivity contribution in [2.45, 2.75) is 0 Å². The molecule has 0 saturated carbocycles. The number of non-ortho nitro benzene ring substituents is 1. The van der Waals surface area contributed by atoms with E-state index in [2.05, 4.69) is 0 Å². The molecule has 0 aliphatic carbocycles. The number of rotatable bonds is 2. The number of benzene rings is 1. The molecule has 0 spiro atoms. The van der Waals surface area contributed by atoms with Gasteiger partial charge in [0.2, 0.25) is 0 Å². The number of aromatic hydroxyl groups is 1. The predicted octanol–water partition coefficient (Wildman–Crippen LogP) is 0.581. The summed E-state index contributed by atoms with van der Waals surface area (Å²) in [5.41, 5.74) is 3.89. The third-order valence-electron chi connectivity index (χ3n) is 1.56. The van der Waals surface area contributed by atoms with Crippen molar-refractivity contribution in [1.29, 1.82) is 0 Å². The summed E-state index contributed by atoms with van der Waals surface area (Å²) in [5.74, 6) is -2.15. The van der Waals surface area contributed by atoms with Gasteiger partial charge in [-0.25, -0.2) is 4.79 Å². The highest BCUT2D eigenvalue weighted by atomic mass is 16.6. The molecule has 1 aromatic carbocycles. The Labute approximate surface area is 77.5 Å². The van der Waals surface area contributed by atoms with Gasteiger partial charge in [-0.15, -0.1) is 0 Å². The highest BCUT2D eigenvalue weighted by Gasteiger charge is 2.19. The molecule has 0 amide bonds. The molecule has 7 nitrogen and oxygen atoms in total. The lowest BCUT2D eigenvalue weighted by atomic mass is 10.1. The van der Waals surface area contributed by atoms with Crippen LogP contribution in [0.5, 0.6) is 5.75 Å². The van der Waals surface area contributed by atoms with E-state index in [4.69, 9.17) is 15.9 Å². The van der Waals surface area contributed by atoms with Crippen LogP contribution in [0.15, 0.2) is 12.1 Å². The van der Waals surface area contributed by atoms with E-state index in [-0.39, 0.29) is 5.69 Å². The molecule has 0 bridgehead atoms. The zero-order chi connectivity index (χ0) is 10.9. The number of nitro groups is 1. The molecular formula is C7H6N2O5. The van der Waals surface area contributed by atoms with E-state index in [1.54, 1.807) is 0 Å². The number of carboxylic acid groups (broad SMARTS) is 1. The van der Waals surface area contributed by atoms with Gasteiger partial charge in [0.05, 0.1) is 16.7 Å². The minimum absolute atomic E-state index is 0.343. The topological polar surface area (TPSA) is 127 Å². The quantitative estimate of drug-likeness (QED) is 0.362. The highest BCUT2D eigenvalue weighted by molar-refractivity contribution is 5.97. The van der Waals surface area contributed by atoms with E-state index in [1.807, 2.05) is 0 Å². The van der Waals surface area contributed by atoms with Crippen molar-refractivity contribution in [1.82, 2.24) is 0 Å². The number of nitrogens with two attached hydrogens (primary N) is 1. The minimum atomic E-state index is -1.44.